The van der Waals surface area contributed by atoms with Crippen molar-refractivity contribution in [3.63, 3.8) is 0 Å². The Labute approximate surface area is 215 Å². The SMILES string of the molecule is CO[C@@H]1COCC[C@@H]1C[C@@H]1CC[C@@](C(=O)N2C[C@@H]3C(F)[C@H]2CN3c2cc(C(F)(F)F)ccn2)(C(C)C)C1. The van der Waals surface area contributed by atoms with Crippen molar-refractivity contribution in [2.24, 2.45) is 23.2 Å². The van der Waals surface area contributed by atoms with Crippen molar-refractivity contribution in [1.29, 1.82) is 0 Å². The van der Waals surface area contributed by atoms with Crippen molar-refractivity contribution in [3.05, 3.63) is 23.9 Å². The van der Waals surface area contributed by atoms with Crippen molar-refractivity contribution in [2.45, 2.75) is 76.5 Å². The number of nitrogens with zero attached hydrogens (tertiary/aromatic N) is 3. The van der Waals surface area contributed by atoms with Gasteiger partial charge >= 0.3 is 6.18 Å². The molecule has 1 unspecified atom stereocenters. The molecule has 0 radical (unpaired) electrons. The third kappa shape index (κ3) is 4.73. The number of halogens is 4. The molecule has 6 nitrogen and oxygen atoms in total. The molecule has 10 heteroatoms. The standard InChI is InChI=1S/C27H37F4N3O3/c1-16(2)26(7-4-17(12-26)10-18-6-9-37-15-22(18)36-3)25(35)34-14-20-24(28)21(34)13-33(20)23-11-19(5-8-32-23)27(29,30)31/h5,8,11,16-18,20-22,24H,4,6-7,9-10,12-15H2,1-3H3/t17-,18+,20+,21+,22+,24?,26-/m0/s1. The van der Waals surface area contributed by atoms with Gasteiger partial charge < -0.3 is 19.3 Å². The highest BCUT2D eigenvalue weighted by Gasteiger charge is 2.59. The van der Waals surface area contributed by atoms with Gasteiger partial charge in [-0.05, 0) is 62.0 Å². The number of hydrogen-bond donors (Lipinski definition) is 0. The summed E-state index contributed by atoms with van der Waals surface area (Å²) in [5.74, 6) is 1.04. The van der Waals surface area contributed by atoms with Crippen LogP contribution in [0.15, 0.2) is 18.3 Å². The Hall–Kier alpha value is -1.94. The predicted molar refractivity (Wildman–Crippen MR) is 130 cm³/mol. The molecule has 7 atom stereocenters. The molecular formula is C27H37F4N3O3. The van der Waals surface area contributed by atoms with Crippen LogP contribution in [-0.2, 0) is 20.4 Å². The van der Waals surface area contributed by atoms with E-state index in [4.69, 9.17) is 9.47 Å². The monoisotopic (exact) mass is 527 g/mol. The fraction of sp³-hybridized carbons (Fsp3) is 0.778. The lowest BCUT2D eigenvalue weighted by molar-refractivity contribution is -0.146. The highest BCUT2D eigenvalue weighted by Crippen LogP contribution is 2.52. The van der Waals surface area contributed by atoms with Gasteiger partial charge in [0.1, 0.15) is 12.0 Å². The molecule has 3 saturated heterocycles. The molecule has 1 amide bonds. The van der Waals surface area contributed by atoms with Gasteiger partial charge in [-0.2, -0.15) is 13.2 Å². The van der Waals surface area contributed by atoms with Gasteiger partial charge in [0.25, 0.3) is 0 Å². The zero-order valence-electron chi connectivity index (χ0n) is 21.7. The van der Waals surface area contributed by atoms with Crippen LogP contribution < -0.4 is 4.90 Å². The first kappa shape index (κ1) is 26.7. The zero-order chi connectivity index (χ0) is 26.5. The summed E-state index contributed by atoms with van der Waals surface area (Å²) < 4.78 is 66.3. The van der Waals surface area contributed by atoms with Crippen molar-refractivity contribution in [3.8, 4) is 0 Å². The maximum Gasteiger partial charge on any atom is 0.416 e. The van der Waals surface area contributed by atoms with Crippen LogP contribution in [0.25, 0.3) is 0 Å². The first-order valence-electron chi connectivity index (χ1n) is 13.4. The van der Waals surface area contributed by atoms with E-state index < -0.39 is 35.4 Å². The molecule has 1 aliphatic carbocycles. The normalized spacial score (nSPS) is 36.1. The first-order valence-corrected chi connectivity index (χ1v) is 13.4. The van der Waals surface area contributed by atoms with Gasteiger partial charge in [-0.1, -0.05) is 13.8 Å². The van der Waals surface area contributed by atoms with Crippen LogP contribution in [0.2, 0.25) is 0 Å². The second kappa shape index (κ2) is 9.98. The molecule has 37 heavy (non-hydrogen) atoms. The maximum absolute atomic E-state index is 15.4. The van der Waals surface area contributed by atoms with Crippen LogP contribution in [0.3, 0.4) is 0 Å². The number of piperazine rings is 1. The molecule has 0 N–H and O–H groups in total. The van der Waals surface area contributed by atoms with Crippen LogP contribution in [0, 0.1) is 23.2 Å². The number of aromatic nitrogens is 1. The second-order valence-electron chi connectivity index (χ2n) is 11.6. The van der Waals surface area contributed by atoms with E-state index in [1.54, 1.807) is 16.9 Å². The molecule has 4 fully saturated rings. The van der Waals surface area contributed by atoms with Crippen LogP contribution in [0.4, 0.5) is 23.4 Å². The molecule has 5 rings (SSSR count). The van der Waals surface area contributed by atoms with E-state index in [9.17, 15) is 18.0 Å². The largest absolute Gasteiger partial charge is 0.416 e. The number of pyridine rings is 1. The summed E-state index contributed by atoms with van der Waals surface area (Å²) in [7, 11) is 1.72. The highest BCUT2D eigenvalue weighted by molar-refractivity contribution is 5.85. The molecule has 0 spiro atoms. The van der Waals surface area contributed by atoms with Gasteiger partial charge in [0, 0.05) is 33.0 Å². The van der Waals surface area contributed by atoms with Crippen molar-refractivity contribution >= 4 is 11.7 Å². The summed E-state index contributed by atoms with van der Waals surface area (Å²) in [5.41, 5.74) is -1.35. The lowest BCUT2D eigenvalue weighted by Gasteiger charge is -2.41. The van der Waals surface area contributed by atoms with Gasteiger partial charge in [-0.3, -0.25) is 4.79 Å². The van der Waals surface area contributed by atoms with E-state index in [2.05, 4.69) is 18.8 Å². The Kier molecular flexibility index (Phi) is 7.19. The lowest BCUT2D eigenvalue weighted by Crippen LogP contribution is -2.54. The van der Waals surface area contributed by atoms with E-state index in [0.717, 1.165) is 57.0 Å². The van der Waals surface area contributed by atoms with E-state index >= 15 is 4.39 Å². The Bertz CT molecular complexity index is 992. The molecule has 1 saturated carbocycles. The molecule has 4 aliphatic rings. The van der Waals surface area contributed by atoms with Crippen LogP contribution in [0.1, 0.15) is 51.5 Å². The number of ether oxygens (including phenoxy) is 2. The predicted octanol–water partition coefficient (Wildman–Crippen LogP) is 4.72. The first-order chi connectivity index (χ1) is 17.5. The number of amides is 1. The molecule has 1 aromatic rings. The average molecular weight is 528 g/mol. The van der Waals surface area contributed by atoms with Gasteiger partial charge in [-0.25, -0.2) is 9.37 Å². The number of carbonyl (C=O) groups is 1. The highest BCUT2D eigenvalue weighted by atomic mass is 19.4. The van der Waals surface area contributed by atoms with Crippen LogP contribution in [-0.4, -0.2) is 73.6 Å². The van der Waals surface area contributed by atoms with Crippen molar-refractivity contribution in [1.82, 2.24) is 9.88 Å². The quantitative estimate of drug-likeness (QED) is 0.501. The van der Waals surface area contributed by atoms with E-state index in [1.165, 1.54) is 0 Å². The minimum Gasteiger partial charge on any atom is -0.379 e. The minimum atomic E-state index is -4.50. The van der Waals surface area contributed by atoms with Crippen LogP contribution >= 0.6 is 0 Å². The number of rotatable bonds is 6. The zero-order valence-corrected chi connectivity index (χ0v) is 21.7. The van der Waals surface area contributed by atoms with Crippen molar-refractivity contribution in [2.75, 3.05) is 38.3 Å². The topological polar surface area (TPSA) is 54.9 Å². The summed E-state index contributed by atoms with van der Waals surface area (Å²) >= 11 is 0. The lowest BCUT2D eigenvalue weighted by atomic mass is 9.73. The number of anilines is 1. The Morgan fingerprint density at radius 2 is 2.05 bits per heavy atom. The van der Waals surface area contributed by atoms with Gasteiger partial charge in [0.2, 0.25) is 5.91 Å². The minimum absolute atomic E-state index is 0.00655. The molecule has 3 aliphatic heterocycles. The molecular weight excluding hydrogens is 490 g/mol. The Morgan fingerprint density at radius 1 is 1.27 bits per heavy atom. The molecule has 206 valence electrons. The molecule has 1 aromatic heterocycles. The Balaban J connectivity index is 1.29. The van der Waals surface area contributed by atoms with E-state index in [1.807, 2.05) is 0 Å². The van der Waals surface area contributed by atoms with Gasteiger partial charge in [-0.15, -0.1) is 0 Å². The molecule has 4 heterocycles. The van der Waals surface area contributed by atoms with E-state index in [-0.39, 0.29) is 36.8 Å². The maximum atomic E-state index is 15.4. The smallest absolute Gasteiger partial charge is 0.379 e. The summed E-state index contributed by atoms with van der Waals surface area (Å²) in [6, 6.07) is 0.534. The van der Waals surface area contributed by atoms with Gasteiger partial charge in [0.15, 0.2) is 0 Å². The van der Waals surface area contributed by atoms with E-state index in [0.29, 0.717) is 18.4 Å². The Morgan fingerprint density at radius 3 is 2.70 bits per heavy atom. The third-order valence-electron chi connectivity index (χ3n) is 9.49. The number of likely N-dealkylation sites (tertiary alicyclic amines) is 1. The number of hydrogen-bond acceptors (Lipinski definition) is 5. The van der Waals surface area contributed by atoms with Crippen molar-refractivity contribution < 1.29 is 31.8 Å². The number of carbonyl (C=O) groups excluding carboxylic acids is 1. The average Bonchev–Trinajstić information content (AvgIpc) is 3.55. The number of alkyl halides is 4. The summed E-state index contributed by atoms with van der Waals surface area (Å²) in [6.07, 6.45) is -0.156. The fourth-order valence-electron chi connectivity index (χ4n) is 7.27. The molecule has 2 bridgehead atoms. The van der Waals surface area contributed by atoms with Gasteiger partial charge in [0.05, 0.1) is 35.8 Å². The third-order valence-corrected chi connectivity index (χ3v) is 9.49. The summed E-state index contributed by atoms with van der Waals surface area (Å²) in [4.78, 5) is 21.4. The number of methoxy groups -OCH3 is 1. The fourth-order valence-corrected chi connectivity index (χ4v) is 7.27. The summed E-state index contributed by atoms with van der Waals surface area (Å²) in [5, 5.41) is 0. The number of fused-ring (bicyclic) bond motifs is 2. The van der Waals surface area contributed by atoms with Crippen LogP contribution in [0.5, 0.6) is 0 Å². The second-order valence-corrected chi connectivity index (χ2v) is 11.6. The summed E-state index contributed by atoms with van der Waals surface area (Å²) in [6.45, 7) is 5.82. The molecule has 0 aromatic carbocycles.